The minimum atomic E-state index is 0.124. The van der Waals surface area contributed by atoms with Gasteiger partial charge in [0.25, 0.3) is 0 Å². The topological polar surface area (TPSA) is 45.2 Å². The molecule has 2 aliphatic rings. The van der Waals surface area contributed by atoms with Gasteiger partial charge in [0.05, 0.1) is 5.52 Å². The number of nitrogens with zero attached hydrogens (tertiary/aromatic N) is 2. The van der Waals surface area contributed by atoms with E-state index in [0.29, 0.717) is 6.42 Å². The number of hydrogen-bond donors (Lipinski definition) is 1. The number of aromatic nitrogens is 1. The van der Waals surface area contributed by atoms with E-state index in [9.17, 15) is 4.79 Å². The maximum absolute atomic E-state index is 11.6. The average molecular weight is 346 g/mol. The number of benzene rings is 1. The molecular formula is C16H16BrN3O. The minimum absolute atomic E-state index is 0.124. The molecule has 0 bridgehead atoms. The predicted octanol–water partition coefficient (Wildman–Crippen LogP) is 2.71. The second-order valence-electron chi connectivity index (χ2n) is 6.12. The van der Waals surface area contributed by atoms with Gasteiger partial charge >= 0.3 is 0 Å². The highest BCUT2D eigenvalue weighted by Crippen LogP contribution is 2.40. The van der Waals surface area contributed by atoms with Crippen LogP contribution >= 0.6 is 15.9 Å². The molecule has 1 spiro atoms. The van der Waals surface area contributed by atoms with Gasteiger partial charge in [-0.15, -0.1) is 0 Å². The van der Waals surface area contributed by atoms with Crippen LogP contribution in [-0.2, 0) is 4.79 Å². The molecule has 4 nitrogen and oxygen atoms in total. The lowest BCUT2D eigenvalue weighted by molar-refractivity contribution is -0.119. The van der Waals surface area contributed by atoms with Crippen molar-refractivity contribution in [1.29, 1.82) is 0 Å². The number of carbonyl (C=O) groups excluding carboxylic acids is 1. The molecule has 2 aliphatic heterocycles. The molecule has 0 radical (unpaired) electrons. The largest absolute Gasteiger partial charge is 0.370 e. The Kier molecular flexibility index (Phi) is 2.92. The molecule has 108 valence electrons. The van der Waals surface area contributed by atoms with Crippen LogP contribution < -0.4 is 10.2 Å². The standard InChI is InChI=1S/C16H16BrN3O/c17-11-1-2-13-12(7-11)14(3-5-18-13)20-6-4-16(10-20)8-15(21)19-9-16/h1-3,5,7H,4,6,8-10H2,(H,19,21). The van der Waals surface area contributed by atoms with Crippen LogP contribution in [0.15, 0.2) is 34.9 Å². The average Bonchev–Trinajstić information content (AvgIpc) is 3.05. The first-order chi connectivity index (χ1) is 10.2. The number of nitrogens with one attached hydrogen (secondary N) is 1. The minimum Gasteiger partial charge on any atom is -0.370 e. The molecule has 5 heteroatoms. The molecule has 21 heavy (non-hydrogen) atoms. The van der Waals surface area contributed by atoms with Crippen LogP contribution in [0, 0.1) is 5.41 Å². The maximum atomic E-state index is 11.6. The molecule has 1 aromatic heterocycles. The zero-order valence-electron chi connectivity index (χ0n) is 11.6. The Morgan fingerprint density at radius 3 is 3.05 bits per heavy atom. The Balaban J connectivity index is 1.71. The maximum Gasteiger partial charge on any atom is 0.220 e. The summed E-state index contributed by atoms with van der Waals surface area (Å²) in [5.74, 6) is 0.194. The SMILES string of the molecule is O=C1CC2(CCN(c3ccnc4ccc(Br)cc34)C2)CN1. The van der Waals surface area contributed by atoms with E-state index >= 15 is 0 Å². The van der Waals surface area contributed by atoms with E-state index < -0.39 is 0 Å². The van der Waals surface area contributed by atoms with Crippen LogP contribution in [0.2, 0.25) is 0 Å². The van der Waals surface area contributed by atoms with Gasteiger partial charge in [0.2, 0.25) is 5.91 Å². The summed E-state index contributed by atoms with van der Waals surface area (Å²) in [4.78, 5) is 18.4. The molecule has 2 saturated heterocycles. The fourth-order valence-corrected chi connectivity index (χ4v) is 3.92. The zero-order chi connectivity index (χ0) is 14.4. The molecule has 1 amide bonds. The van der Waals surface area contributed by atoms with E-state index in [-0.39, 0.29) is 11.3 Å². The normalized spacial score (nSPS) is 25.0. The van der Waals surface area contributed by atoms with Crippen molar-refractivity contribution >= 4 is 38.4 Å². The summed E-state index contributed by atoms with van der Waals surface area (Å²) in [6.45, 7) is 2.76. The smallest absolute Gasteiger partial charge is 0.220 e. The quantitative estimate of drug-likeness (QED) is 0.864. The highest BCUT2D eigenvalue weighted by atomic mass is 79.9. The fourth-order valence-electron chi connectivity index (χ4n) is 3.56. The fraction of sp³-hybridized carbons (Fsp3) is 0.375. The number of pyridine rings is 1. The van der Waals surface area contributed by atoms with Crippen LogP contribution in [0.1, 0.15) is 12.8 Å². The van der Waals surface area contributed by atoms with Crippen molar-refractivity contribution in [3.63, 3.8) is 0 Å². The first-order valence-corrected chi connectivity index (χ1v) is 8.01. The lowest BCUT2D eigenvalue weighted by Gasteiger charge is -2.24. The third-order valence-corrected chi connectivity index (χ3v) is 5.15. The molecular weight excluding hydrogens is 330 g/mol. The van der Waals surface area contributed by atoms with Gasteiger partial charge in [0.15, 0.2) is 0 Å². The van der Waals surface area contributed by atoms with Gasteiger partial charge in [-0.1, -0.05) is 15.9 Å². The van der Waals surface area contributed by atoms with Crippen molar-refractivity contribution in [2.24, 2.45) is 5.41 Å². The van der Waals surface area contributed by atoms with Gasteiger partial charge in [0.1, 0.15) is 0 Å². The molecule has 2 fully saturated rings. The summed E-state index contributed by atoms with van der Waals surface area (Å²) in [5.41, 5.74) is 2.35. The van der Waals surface area contributed by atoms with Crippen LogP contribution in [0.4, 0.5) is 5.69 Å². The van der Waals surface area contributed by atoms with E-state index in [0.717, 1.165) is 36.0 Å². The monoisotopic (exact) mass is 345 g/mol. The molecule has 0 saturated carbocycles. The Labute approximate surface area is 131 Å². The van der Waals surface area contributed by atoms with Crippen LogP contribution in [0.5, 0.6) is 0 Å². The van der Waals surface area contributed by atoms with E-state index in [1.165, 1.54) is 11.1 Å². The molecule has 2 aromatic rings. The van der Waals surface area contributed by atoms with Crippen molar-refractivity contribution < 1.29 is 4.79 Å². The first-order valence-electron chi connectivity index (χ1n) is 7.21. The molecule has 1 unspecified atom stereocenters. The van der Waals surface area contributed by atoms with Crippen molar-refractivity contribution in [1.82, 2.24) is 10.3 Å². The third-order valence-electron chi connectivity index (χ3n) is 4.66. The van der Waals surface area contributed by atoms with Crippen molar-refractivity contribution in [2.75, 3.05) is 24.5 Å². The summed E-state index contributed by atoms with van der Waals surface area (Å²) in [6, 6.07) is 8.26. The number of anilines is 1. The lowest BCUT2D eigenvalue weighted by atomic mass is 9.86. The van der Waals surface area contributed by atoms with Gasteiger partial charge in [-0.05, 0) is 30.7 Å². The summed E-state index contributed by atoms with van der Waals surface area (Å²) in [7, 11) is 0. The van der Waals surface area contributed by atoms with E-state index in [1.54, 1.807) is 0 Å². The van der Waals surface area contributed by atoms with Crippen LogP contribution in [-0.4, -0.2) is 30.5 Å². The summed E-state index contributed by atoms with van der Waals surface area (Å²) >= 11 is 3.54. The zero-order valence-corrected chi connectivity index (χ0v) is 13.2. The number of hydrogen-bond acceptors (Lipinski definition) is 3. The number of fused-ring (bicyclic) bond motifs is 1. The van der Waals surface area contributed by atoms with Gasteiger partial charge in [-0.25, -0.2) is 0 Å². The Hall–Kier alpha value is -1.62. The highest BCUT2D eigenvalue weighted by Gasteiger charge is 2.44. The van der Waals surface area contributed by atoms with E-state index in [4.69, 9.17) is 0 Å². The van der Waals surface area contributed by atoms with Crippen LogP contribution in [0.25, 0.3) is 10.9 Å². The van der Waals surface area contributed by atoms with Gasteiger partial charge < -0.3 is 10.2 Å². The summed E-state index contributed by atoms with van der Waals surface area (Å²) < 4.78 is 1.07. The number of amides is 1. The number of halogens is 1. The Bertz CT molecular complexity index is 733. The second-order valence-corrected chi connectivity index (χ2v) is 7.03. The van der Waals surface area contributed by atoms with Gasteiger partial charge in [-0.2, -0.15) is 0 Å². The molecule has 1 N–H and O–H groups in total. The molecule has 1 aromatic carbocycles. The van der Waals surface area contributed by atoms with E-state index in [1.807, 2.05) is 18.3 Å². The molecule has 3 heterocycles. The number of carbonyl (C=O) groups is 1. The third kappa shape index (κ3) is 2.20. The summed E-state index contributed by atoms with van der Waals surface area (Å²) in [6.07, 6.45) is 3.61. The van der Waals surface area contributed by atoms with Gasteiger partial charge in [0, 0.05) is 53.2 Å². The molecule has 4 rings (SSSR count). The van der Waals surface area contributed by atoms with Crippen LogP contribution in [0.3, 0.4) is 0 Å². The first kappa shape index (κ1) is 13.1. The lowest BCUT2D eigenvalue weighted by Crippen LogP contribution is -2.29. The number of rotatable bonds is 1. The highest BCUT2D eigenvalue weighted by molar-refractivity contribution is 9.10. The second kappa shape index (κ2) is 4.70. The molecule has 1 atom stereocenters. The van der Waals surface area contributed by atoms with Crippen molar-refractivity contribution in [2.45, 2.75) is 12.8 Å². The van der Waals surface area contributed by atoms with E-state index in [2.05, 4.69) is 43.3 Å². The Morgan fingerprint density at radius 2 is 2.24 bits per heavy atom. The van der Waals surface area contributed by atoms with Gasteiger partial charge in [-0.3, -0.25) is 9.78 Å². The predicted molar refractivity (Wildman–Crippen MR) is 86.3 cm³/mol. The Morgan fingerprint density at radius 1 is 1.33 bits per heavy atom. The van der Waals surface area contributed by atoms with Crippen molar-refractivity contribution in [3.8, 4) is 0 Å². The van der Waals surface area contributed by atoms with Crippen molar-refractivity contribution in [3.05, 3.63) is 34.9 Å². The summed E-state index contributed by atoms with van der Waals surface area (Å²) in [5, 5.41) is 4.15. The molecule has 0 aliphatic carbocycles.